The molecule has 0 fully saturated rings. The Labute approximate surface area is 84.7 Å². The van der Waals surface area contributed by atoms with Gasteiger partial charge in [-0.25, -0.2) is 4.39 Å². The number of halogens is 2. The summed E-state index contributed by atoms with van der Waals surface area (Å²) in [6.07, 6.45) is 0.484. The van der Waals surface area contributed by atoms with E-state index in [0.29, 0.717) is 10.9 Å². The largest absolute Gasteiger partial charge is 0.396 e. The molecular formula is C9H11BrFNO. The van der Waals surface area contributed by atoms with Crippen molar-refractivity contribution in [3.05, 3.63) is 34.1 Å². The number of aliphatic hydroxyl groups is 1. The lowest BCUT2D eigenvalue weighted by Crippen LogP contribution is -2.11. The third kappa shape index (κ3) is 2.76. The highest BCUT2D eigenvalue weighted by atomic mass is 79.9. The second-order valence-electron chi connectivity index (χ2n) is 2.79. The van der Waals surface area contributed by atoms with Crippen molar-refractivity contribution >= 4 is 15.9 Å². The summed E-state index contributed by atoms with van der Waals surface area (Å²) in [5.41, 5.74) is 6.54. The maximum atomic E-state index is 12.8. The minimum absolute atomic E-state index is 0.0379. The second-order valence-corrected chi connectivity index (χ2v) is 3.65. The predicted octanol–water partition coefficient (Wildman–Crippen LogP) is 1.97. The summed E-state index contributed by atoms with van der Waals surface area (Å²) in [6, 6.07) is 4.38. The van der Waals surface area contributed by atoms with Crippen molar-refractivity contribution < 1.29 is 9.50 Å². The van der Waals surface area contributed by atoms with Crippen LogP contribution >= 0.6 is 15.9 Å². The Morgan fingerprint density at radius 1 is 1.54 bits per heavy atom. The zero-order valence-corrected chi connectivity index (χ0v) is 8.59. The first-order valence-electron chi connectivity index (χ1n) is 3.96. The lowest BCUT2D eigenvalue weighted by molar-refractivity contribution is 0.276. The van der Waals surface area contributed by atoms with Gasteiger partial charge in [-0.1, -0.05) is 6.07 Å². The van der Waals surface area contributed by atoms with Gasteiger partial charge in [0.05, 0.1) is 4.47 Å². The van der Waals surface area contributed by atoms with Gasteiger partial charge in [-0.2, -0.15) is 0 Å². The van der Waals surface area contributed by atoms with Crippen molar-refractivity contribution in [2.45, 2.75) is 12.5 Å². The molecule has 0 bridgehead atoms. The number of aliphatic hydroxyl groups excluding tert-OH is 1. The van der Waals surface area contributed by atoms with Gasteiger partial charge in [0, 0.05) is 12.6 Å². The average Bonchev–Trinajstić information content (AvgIpc) is 2.10. The molecular weight excluding hydrogens is 237 g/mol. The number of nitrogens with two attached hydrogens (primary N) is 1. The highest BCUT2D eigenvalue weighted by Gasteiger charge is 2.07. The van der Waals surface area contributed by atoms with Crippen LogP contribution in [0.5, 0.6) is 0 Å². The molecule has 0 aliphatic rings. The number of rotatable bonds is 3. The highest BCUT2D eigenvalue weighted by Crippen LogP contribution is 2.21. The van der Waals surface area contributed by atoms with E-state index < -0.39 is 0 Å². The summed E-state index contributed by atoms with van der Waals surface area (Å²) >= 11 is 3.07. The van der Waals surface area contributed by atoms with E-state index in [-0.39, 0.29) is 18.5 Å². The molecule has 0 aliphatic heterocycles. The Kier molecular flexibility index (Phi) is 3.84. The molecule has 13 heavy (non-hydrogen) atoms. The van der Waals surface area contributed by atoms with Crippen LogP contribution in [0.15, 0.2) is 22.7 Å². The topological polar surface area (TPSA) is 46.2 Å². The van der Waals surface area contributed by atoms with Crippen molar-refractivity contribution in [3.63, 3.8) is 0 Å². The van der Waals surface area contributed by atoms with Crippen LogP contribution in [0.3, 0.4) is 0 Å². The van der Waals surface area contributed by atoms with Gasteiger partial charge in [0.15, 0.2) is 0 Å². The molecule has 4 heteroatoms. The van der Waals surface area contributed by atoms with Crippen molar-refractivity contribution in [2.75, 3.05) is 6.61 Å². The molecule has 0 amide bonds. The van der Waals surface area contributed by atoms with Gasteiger partial charge >= 0.3 is 0 Å². The van der Waals surface area contributed by atoms with Gasteiger partial charge in [0.25, 0.3) is 0 Å². The van der Waals surface area contributed by atoms with Gasteiger partial charge in [-0.3, -0.25) is 0 Å². The van der Waals surface area contributed by atoms with Gasteiger partial charge < -0.3 is 10.8 Å². The van der Waals surface area contributed by atoms with Crippen LogP contribution in [-0.4, -0.2) is 11.7 Å². The monoisotopic (exact) mass is 247 g/mol. The Morgan fingerprint density at radius 2 is 2.23 bits per heavy atom. The smallest absolute Gasteiger partial charge is 0.137 e. The normalized spacial score (nSPS) is 12.9. The van der Waals surface area contributed by atoms with E-state index in [0.717, 1.165) is 5.56 Å². The van der Waals surface area contributed by atoms with E-state index in [1.54, 1.807) is 12.1 Å². The van der Waals surface area contributed by atoms with E-state index in [1.807, 2.05) is 0 Å². The van der Waals surface area contributed by atoms with E-state index in [4.69, 9.17) is 10.8 Å². The first-order valence-corrected chi connectivity index (χ1v) is 4.76. The fraction of sp³-hybridized carbons (Fsp3) is 0.333. The van der Waals surface area contributed by atoms with Crippen LogP contribution in [-0.2, 0) is 0 Å². The number of hydrogen-bond acceptors (Lipinski definition) is 2. The van der Waals surface area contributed by atoms with Gasteiger partial charge in [0.1, 0.15) is 5.82 Å². The minimum Gasteiger partial charge on any atom is -0.396 e. The first-order chi connectivity index (χ1) is 6.15. The van der Waals surface area contributed by atoms with Crippen LogP contribution in [0.1, 0.15) is 18.0 Å². The van der Waals surface area contributed by atoms with Crippen molar-refractivity contribution in [1.29, 1.82) is 0 Å². The minimum atomic E-state index is -0.306. The molecule has 0 aliphatic carbocycles. The van der Waals surface area contributed by atoms with E-state index in [9.17, 15) is 4.39 Å². The molecule has 72 valence electrons. The third-order valence-corrected chi connectivity index (χ3v) is 2.42. The van der Waals surface area contributed by atoms with Crippen LogP contribution in [0.25, 0.3) is 0 Å². The van der Waals surface area contributed by atoms with Gasteiger partial charge in [-0.05, 0) is 40.0 Å². The molecule has 1 aromatic rings. The maximum Gasteiger partial charge on any atom is 0.137 e. The lowest BCUT2D eigenvalue weighted by atomic mass is 10.1. The summed E-state index contributed by atoms with van der Waals surface area (Å²) in [5, 5.41) is 8.66. The van der Waals surface area contributed by atoms with Crippen molar-refractivity contribution in [3.8, 4) is 0 Å². The standard InChI is InChI=1S/C9H11BrFNO/c10-7-5-6(1-2-8(7)11)9(12)3-4-13/h1-2,5,9,13H,3-4,12H2/t9-/m0/s1. The van der Waals surface area contributed by atoms with E-state index in [2.05, 4.69) is 15.9 Å². The molecule has 1 rings (SSSR count). The molecule has 0 spiro atoms. The maximum absolute atomic E-state index is 12.8. The van der Waals surface area contributed by atoms with Crippen LogP contribution in [0, 0.1) is 5.82 Å². The first kappa shape index (κ1) is 10.6. The molecule has 0 unspecified atom stereocenters. The summed E-state index contributed by atoms with van der Waals surface area (Å²) in [7, 11) is 0. The zero-order chi connectivity index (χ0) is 9.84. The zero-order valence-electron chi connectivity index (χ0n) is 7.00. The highest BCUT2D eigenvalue weighted by molar-refractivity contribution is 9.10. The Bertz CT molecular complexity index is 293. The quantitative estimate of drug-likeness (QED) is 0.858. The average molecular weight is 248 g/mol. The molecule has 1 aromatic carbocycles. The predicted molar refractivity (Wildman–Crippen MR) is 52.7 cm³/mol. The van der Waals surface area contributed by atoms with Crippen molar-refractivity contribution in [1.82, 2.24) is 0 Å². The molecule has 0 saturated carbocycles. The molecule has 0 radical (unpaired) electrons. The Balaban J connectivity index is 2.84. The van der Waals surface area contributed by atoms with Gasteiger partial charge in [-0.15, -0.1) is 0 Å². The fourth-order valence-electron chi connectivity index (χ4n) is 1.05. The molecule has 1 atom stereocenters. The molecule has 0 aromatic heterocycles. The van der Waals surface area contributed by atoms with Gasteiger partial charge in [0.2, 0.25) is 0 Å². The molecule has 3 N–H and O–H groups in total. The second kappa shape index (κ2) is 4.69. The van der Waals surface area contributed by atoms with Crippen LogP contribution in [0.2, 0.25) is 0 Å². The Morgan fingerprint density at radius 3 is 2.77 bits per heavy atom. The molecule has 2 nitrogen and oxygen atoms in total. The summed E-state index contributed by atoms with van der Waals surface area (Å²) in [5.74, 6) is -0.306. The SMILES string of the molecule is N[C@@H](CCO)c1ccc(F)c(Br)c1. The summed E-state index contributed by atoms with van der Waals surface area (Å²) in [4.78, 5) is 0. The lowest BCUT2D eigenvalue weighted by Gasteiger charge is -2.10. The Hall–Kier alpha value is -0.450. The summed E-state index contributed by atoms with van der Waals surface area (Å²) in [6.45, 7) is 0.0379. The van der Waals surface area contributed by atoms with E-state index in [1.165, 1.54) is 6.07 Å². The number of hydrogen-bond donors (Lipinski definition) is 2. The van der Waals surface area contributed by atoms with Crippen LogP contribution < -0.4 is 5.73 Å². The third-order valence-electron chi connectivity index (χ3n) is 1.81. The number of benzene rings is 1. The van der Waals surface area contributed by atoms with E-state index >= 15 is 0 Å². The molecule has 0 saturated heterocycles. The summed E-state index contributed by atoms with van der Waals surface area (Å²) < 4.78 is 13.2. The fourth-order valence-corrected chi connectivity index (χ4v) is 1.45. The van der Waals surface area contributed by atoms with Crippen LogP contribution in [0.4, 0.5) is 4.39 Å². The molecule has 0 heterocycles. The van der Waals surface area contributed by atoms with Crippen molar-refractivity contribution in [2.24, 2.45) is 5.73 Å².